The Balaban J connectivity index is 1.35. The van der Waals surface area contributed by atoms with Crippen LogP contribution in [0.1, 0.15) is 31.9 Å². The Morgan fingerprint density at radius 3 is 2.47 bits per heavy atom. The van der Waals surface area contributed by atoms with Crippen LogP contribution in [0, 0.1) is 5.92 Å². The summed E-state index contributed by atoms with van der Waals surface area (Å²) in [5.41, 5.74) is 3.46. The van der Waals surface area contributed by atoms with E-state index in [1.807, 2.05) is 42.5 Å². The van der Waals surface area contributed by atoms with Crippen LogP contribution in [0.2, 0.25) is 0 Å². The molecule has 4 rings (SSSR count). The standard InChI is InChI=1S/C25H26F3N3O4S/c1-18-16-21(9-10-24(18)35-25(26,27)28)36(32,33)31-14-11-20(12-15-31)30-34-17-23-22(8-5-13-29-23)19-6-3-2-4-7-19/h2-10,13,18H,11-12,14-17H2,1H3. The molecule has 11 heteroatoms. The molecule has 1 saturated heterocycles. The highest BCUT2D eigenvalue weighted by molar-refractivity contribution is 7.93. The molecule has 1 aromatic carbocycles. The lowest BCUT2D eigenvalue weighted by molar-refractivity contribution is -0.308. The summed E-state index contributed by atoms with van der Waals surface area (Å²) in [6, 6.07) is 13.6. The fourth-order valence-electron chi connectivity index (χ4n) is 4.13. The van der Waals surface area contributed by atoms with Crippen molar-refractivity contribution in [3.8, 4) is 11.1 Å². The summed E-state index contributed by atoms with van der Waals surface area (Å²) < 4.78 is 69.0. The van der Waals surface area contributed by atoms with Crippen molar-refractivity contribution in [2.24, 2.45) is 11.1 Å². The van der Waals surface area contributed by atoms with Gasteiger partial charge in [-0.25, -0.2) is 8.42 Å². The Kier molecular flexibility index (Phi) is 7.79. The van der Waals surface area contributed by atoms with E-state index in [0.717, 1.165) is 28.6 Å². The van der Waals surface area contributed by atoms with Gasteiger partial charge in [0.15, 0.2) is 6.61 Å². The molecule has 0 N–H and O–H groups in total. The molecule has 1 unspecified atom stereocenters. The summed E-state index contributed by atoms with van der Waals surface area (Å²) in [6.07, 6.45) is -0.105. The number of sulfonamides is 1. The van der Waals surface area contributed by atoms with Crippen LogP contribution >= 0.6 is 0 Å². The van der Waals surface area contributed by atoms with Gasteiger partial charge in [0.05, 0.1) is 16.3 Å². The molecular weight excluding hydrogens is 495 g/mol. The van der Waals surface area contributed by atoms with E-state index in [1.165, 1.54) is 17.3 Å². The predicted octanol–water partition coefficient (Wildman–Crippen LogP) is 5.39. The maximum Gasteiger partial charge on any atom is 0.572 e. The van der Waals surface area contributed by atoms with Crippen LogP contribution in [-0.2, 0) is 26.2 Å². The van der Waals surface area contributed by atoms with Gasteiger partial charge in [-0.05, 0) is 30.2 Å². The molecule has 0 amide bonds. The summed E-state index contributed by atoms with van der Waals surface area (Å²) in [6.45, 7) is 2.11. The molecule has 192 valence electrons. The number of oxime groups is 1. The second kappa shape index (κ2) is 10.8. The minimum atomic E-state index is -4.81. The molecule has 0 saturated carbocycles. The minimum absolute atomic E-state index is 0.0569. The van der Waals surface area contributed by atoms with Gasteiger partial charge in [-0.1, -0.05) is 48.5 Å². The number of aromatic nitrogens is 1. The molecule has 1 atom stereocenters. The van der Waals surface area contributed by atoms with Gasteiger partial charge < -0.3 is 9.57 Å². The quantitative estimate of drug-likeness (QED) is 0.457. The average Bonchev–Trinajstić information content (AvgIpc) is 2.85. The number of piperidine rings is 1. The van der Waals surface area contributed by atoms with Gasteiger partial charge in [-0.15, -0.1) is 13.2 Å². The number of allylic oxidation sites excluding steroid dienone is 4. The SMILES string of the molecule is CC1CC(S(=O)(=O)N2CCC(=NOCc3ncccc3-c3ccccc3)CC2)=CC=C1OC(F)(F)F. The predicted molar refractivity (Wildman–Crippen MR) is 129 cm³/mol. The summed E-state index contributed by atoms with van der Waals surface area (Å²) >= 11 is 0. The van der Waals surface area contributed by atoms with E-state index < -0.39 is 22.3 Å². The monoisotopic (exact) mass is 521 g/mol. The molecule has 2 aliphatic rings. The zero-order chi connectivity index (χ0) is 25.8. The second-order valence-electron chi connectivity index (χ2n) is 8.55. The van der Waals surface area contributed by atoms with Crippen molar-refractivity contribution >= 4 is 15.7 Å². The van der Waals surface area contributed by atoms with E-state index in [4.69, 9.17) is 4.84 Å². The summed E-state index contributed by atoms with van der Waals surface area (Å²) in [4.78, 5) is 10.0. The van der Waals surface area contributed by atoms with Crippen molar-refractivity contribution in [2.75, 3.05) is 13.1 Å². The van der Waals surface area contributed by atoms with E-state index >= 15 is 0 Å². The molecular formula is C25H26F3N3O4S. The summed E-state index contributed by atoms with van der Waals surface area (Å²) in [5.74, 6) is -1.00. The van der Waals surface area contributed by atoms with Crippen LogP contribution < -0.4 is 0 Å². The van der Waals surface area contributed by atoms with E-state index in [2.05, 4.69) is 14.9 Å². The van der Waals surface area contributed by atoms with Gasteiger partial charge in [0, 0.05) is 43.6 Å². The number of hydrogen-bond donors (Lipinski definition) is 0. The maximum absolute atomic E-state index is 13.0. The fraction of sp³-hybridized carbons (Fsp3) is 0.360. The third kappa shape index (κ3) is 6.33. The highest BCUT2D eigenvalue weighted by Gasteiger charge is 2.37. The topological polar surface area (TPSA) is 81.1 Å². The molecule has 1 aliphatic heterocycles. The molecule has 2 heterocycles. The van der Waals surface area contributed by atoms with Crippen molar-refractivity contribution in [1.82, 2.24) is 9.29 Å². The maximum atomic E-state index is 13.0. The van der Waals surface area contributed by atoms with Crippen molar-refractivity contribution in [3.63, 3.8) is 0 Å². The zero-order valence-corrected chi connectivity index (χ0v) is 20.4. The molecule has 36 heavy (non-hydrogen) atoms. The number of ether oxygens (including phenoxy) is 1. The Hall–Kier alpha value is -3.18. The van der Waals surface area contributed by atoms with Crippen LogP contribution in [0.15, 0.2) is 76.6 Å². The normalized spacial score (nSPS) is 19.3. The molecule has 0 spiro atoms. The first kappa shape index (κ1) is 25.9. The molecule has 1 aromatic heterocycles. The second-order valence-corrected chi connectivity index (χ2v) is 10.5. The fourth-order valence-corrected chi connectivity index (χ4v) is 5.82. The van der Waals surface area contributed by atoms with Gasteiger partial charge in [-0.3, -0.25) is 4.98 Å². The van der Waals surface area contributed by atoms with Gasteiger partial charge in [0.2, 0.25) is 10.0 Å². The third-order valence-electron chi connectivity index (χ3n) is 6.00. The van der Waals surface area contributed by atoms with E-state index in [1.54, 1.807) is 6.20 Å². The number of alkyl halides is 3. The highest BCUT2D eigenvalue weighted by atomic mass is 32.2. The molecule has 0 bridgehead atoms. The van der Waals surface area contributed by atoms with Crippen LogP contribution in [0.25, 0.3) is 11.1 Å². The number of halogens is 3. The number of pyridine rings is 1. The zero-order valence-electron chi connectivity index (χ0n) is 19.6. The molecule has 1 aliphatic carbocycles. The third-order valence-corrected chi connectivity index (χ3v) is 8.01. The lowest BCUT2D eigenvalue weighted by Crippen LogP contribution is -2.39. The molecule has 7 nitrogen and oxygen atoms in total. The van der Waals surface area contributed by atoms with Gasteiger partial charge in [0.1, 0.15) is 5.76 Å². The number of rotatable bonds is 7. The lowest BCUT2D eigenvalue weighted by Gasteiger charge is -2.30. The Labute approximate surface area is 208 Å². The van der Waals surface area contributed by atoms with Crippen LogP contribution in [0.4, 0.5) is 13.2 Å². The van der Waals surface area contributed by atoms with Gasteiger partial charge >= 0.3 is 6.36 Å². The van der Waals surface area contributed by atoms with E-state index in [-0.39, 0.29) is 36.8 Å². The first-order chi connectivity index (χ1) is 17.1. The minimum Gasteiger partial charge on any atom is -0.410 e. The first-order valence-electron chi connectivity index (χ1n) is 11.5. The van der Waals surface area contributed by atoms with Crippen molar-refractivity contribution in [1.29, 1.82) is 0 Å². The Morgan fingerprint density at radius 1 is 1.08 bits per heavy atom. The average molecular weight is 522 g/mol. The Morgan fingerprint density at radius 2 is 1.81 bits per heavy atom. The van der Waals surface area contributed by atoms with Crippen molar-refractivity contribution < 1.29 is 31.2 Å². The molecule has 2 aromatic rings. The van der Waals surface area contributed by atoms with Crippen LogP contribution in [0.5, 0.6) is 0 Å². The van der Waals surface area contributed by atoms with E-state index in [0.29, 0.717) is 12.8 Å². The smallest absolute Gasteiger partial charge is 0.410 e. The van der Waals surface area contributed by atoms with Gasteiger partial charge in [-0.2, -0.15) is 4.31 Å². The molecule has 1 fully saturated rings. The summed E-state index contributed by atoms with van der Waals surface area (Å²) in [5, 5.41) is 4.21. The summed E-state index contributed by atoms with van der Waals surface area (Å²) in [7, 11) is -3.80. The van der Waals surface area contributed by atoms with Gasteiger partial charge in [0.25, 0.3) is 0 Å². The van der Waals surface area contributed by atoms with Crippen LogP contribution in [-0.4, -0.2) is 42.9 Å². The Bertz CT molecular complexity index is 1260. The largest absolute Gasteiger partial charge is 0.572 e. The highest BCUT2D eigenvalue weighted by Crippen LogP contribution is 2.34. The lowest BCUT2D eigenvalue weighted by atomic mass is 10.0. The number of hydrogen-bond acceptors (Lipinski definition) is 6. The van der Waals surface area contributed by atoms with Crippen LogP contribution in [0.3, 0.4) is 0 Å². The number of nitrogens with zero attached hydrogens (tertiary/aromatic N) is 3. The molecule has 0 radical (unpaired) electrons. The number of benzene rings is 1. The van der Waals surface area contributed by atoms with Crippen molar-refractivity contribution in [3.05, 3.63) is 77.2 Å². The first-order valence-corrected chi connectivity index (χ1v) is 12.9. The van der Waals surface area contributed by atoms with Crippen molar-refractivity contribution in [2.45, 2.75) is 39.2 Å². The van der Waals surface area contributed by atoms with E-state index in [9.17, 15) is 21.6 Å².